The van der Waals surface area contributed by atoms with E-state index in [4.69, 9.17) is 5.73 Å². The van der Waals surface area contributed by atoms with Crippen molar-refractivity contribution in [2.75, 3.05) is 5.73 Å². The first kappa shape index (κ1) is 8.55. The molecule has 0 radical (unpaired) electrons. The number of nitrogens with zero attached hydrogens (tertiary/aromatic N) is 2. The van der Waals surface area contributed by atoms with Crippen molar-refractivity contribution in [3.63, 3.8) is 0 Å². The lowest BCUT2D eigenvalue weighted by Gasteiger charge is -2.02. The first-order chi connectivity index (χ1) is 6.59. The van der Waals surface area contributed by atoms with E-state index >= 15 is 0 Å². The average Bonchev–Trinajstić information content (AvgIpc) is 2.15. The summed E-state index contributed by atoms with van der Waals surface area (Å²) in [7, 11) is 1.60. The van der Waals surface area contributed by atoms with Gasteiger partial charge in [-0.05, 0) is 12.1 Å². The van der Waals surface area contributed by atoms with E-state index in [9.17, 15) is 9.90 Å². The van der Waals surface area contributed by atoms with E-state index in [1.807, 2.05) is 0 Å². The molecular weight excluding hydrogens is 182 g/mol. The quantitative estimate of drug-likeness (QED) is 0.461. The number of phenolic OH excluding ortho intramolecular Hbond substituents is 1. The Morgan fingerprint density at radius 1 is 1.50 bits per heavy atom. The molecule has 0 amide bonds. The number of rotatable bonds is 0. The summed E-state index contributed by atoms with van der Waals surface area (Å²) in [5.74, 6) is -0.0948. The molecule has 1 heterocycles. The van der Waals surface area contributed by atoms with Crippen LogP contribution in [0.5, 0.6) is 5.75 Å². The predicted molar refractivity (Wildman–Crippen MR) is 53.1 cm³/mol. The summed E-state index contributed by atoms with van der Waals surface area (Å²) in [5, 5.41) is 9.69. The largest absolute Gasteiger partial charge is 0.506 e. The van der Waals surface area contributed by atoms with Crippen LogP contribution in [-0.4, -0.2) is 14.7 Å². The monoisotopic (exact) mass is 191 g/mol. The Labute approximate surface area is 79.4 Å². The number of hydrogen-bond donors (Lipinski definition) is 2. The molecule has 0 aliphatic rings. The van der Waals surface area contributed by atoms with Crippen LogP contribution >= 0.6 is 0 Å². The maximum Gasteiger partial charge on any atom is 0.261 e. The van der Waals surface area contributed by atoms with Crippen LogP contribution in [-0.2, 0) is 7.05 Å². The molecule has 0 bridgehead atoms. The molecule has 72 valence electrons. The zero-order valence-corrected chi connectivity index (χ0v) is 7.56. The third kappa shape index (κ3) is 1.10. The SMILES string of the molecule is Cn1cnc2cc(N)c(O)cc2c1=O. The molecule has 5 heteroatoms. The van der Waals surface area contributed by atoms with Gasteiger partial charge in [0.05, 0.1) is 22.9 Å². The molecule has 0 saturated carbocycles. The summed E-state index contributed by atoms with van der Waals surface area (Å²) >= 11 is 0. The van der Waals surface area contributed by atoms with Gasteiger partial charge in [-0.15, -0.1) is 0 Å². The molecule has 2 rings (SSSR count). The summed E-state index contributed by atoms with van der Waals surface area (Å²) in [5.41, 5.74) is 5.98. The van der Waals surface area contributed by atoms with Crippen LogP contribution in [0.15, 0.2) is 23.3 Å². The summed E-state index contributed by atoms with van der Waals surface area (Å²) in [6.45, 7) is 0. The molecular formula is C9H9N3O2. The molecule has 0 unspecified atom stereocenters. The van der Waals surface area contributed by atoms with E-state index < -0.39 is 0 Å². The minimum atomic E-state index is -0.203. The van der Waals surface area contributed by atoms with Gasteiger partial charge in [0.1, 0.15) is 5.75 Å². The lowest BCUT2D eigenvalue weighted by molar-refractivity contribution is 0.478. The number of phenols is 1. The lowest BCUT2D eigenvalue weighted by Crippen LogP contribution is -2.16. The second-order valence-corrected chi connectivity index (χ2v) is 3.09. The van der Waals surface area contributed by atoms with E-state index in [-0.39, 0.29) is 17.0 Å². The highest BCUT2D eigenvalue weighted by Crippen LogP contribution is 2.23. The van der Waals surface area contributed by atoms with Crippen LogP contribution in [0, 0.1) is 0 Å². The van der Waals surface area contributed by atoms with Crippen molar-refractivity contribution >= 4 is 16.6 Å². The van der Waals surface area contributed by atoms with E-state index in [1.54, 1.807) is 7.05 Å². The van der Waals surface area contributed by atoms with Crippen molar-refractivity contribution < 1.29 is 5.11 Å². The van der Waals surface area contributed by atoms with Crippen LogP contribution in [0.3, 0.4) is 0 Å². The Balaban J connectivity index is 2.97. The van der Waals surface area contributed by atoms with Gasteiger partial charge in [0.25, 0.3) is 5.56 Å². The van der Waals surface area contributed by atoms with Crippen LogP contribution < -0.4 is 11.3 Å². The Hall–Kier alpha value is -2.04. The molecule has 1 aromatic heterocycles. The first-order valence-corrected chi connectivity index (χ1v) is 4.03. The fourth-order valence-corrected chi connectivity index (χ4v) is 1.26. The van der Waals surface area contributed by atoms with Crippen LogP contribution in [0.1, 0.15) is 0 Å². The standard InChI is InChI=1S/C9H9N3O2/c1-12-4-11-7-3-6(10)8(13)2-5(7)9(12)14/h2-4,13H,10H2,1H3. The number of benzene rings is 1. The molecule has 5 nitrogen and oxygen atoms in total. The minimum absolute atomic E-state index is 0.0948. The van der Waals surface area contributed by atoms with Crippen LogP contribution in [0.2, 0.25) is 0 Å². The molecule has 0 fully saturated rings. The number of aromatic hydroxyl groups is 1. The summed E-state index contributed by atoms with van der Waals surface area (Å²) in [6, 6.07) is 2.81. The van der Waals surface area contributed by atoms with E-state index in [0.29, 0.717) is 10.9 Å². The molecule has 14 heavy (non-hydrogen) atoms. The number of nitrogen functional groups attached to an aromatic ring is 1. The topological polar surface area (TPSA) is 81.1 Å². The second kappa shape index (κ2) is 2.73. The zero-order valence-electron chi connectivity index (χ0n) is 7.56. The van der Waals surface area contributed by atoms with Gasteiger partial charge in [-0.3, -0.25) is 4.79 Å². The Morgan fingerprint density at radius 3 is 2.93 bits per heavy atom. The van der Waals surface area contributed by atoms with Gasteiger partial charge < -0.3 is 15.4 Å². The van der Waals surface area contributed by atoms with Crippen molar-refractivity contribution in [2.45, 2.75) is 0 Å². The first-order valence-electron chi connectivity index (χ1n) is 4.03. The molecule has 2 aromatic rings. The number of nitrogens with two attached hydrogens (primary N) is 1. The number of fused-ring (bicyclic) bond motifs is 1. The van der Waals surface area contributed by atoms with Crippen molar-refractivity contribution in [2.24, 2.45) is 7.05 Å². The summed E-state index contributed by atoms with van der Waals surface area (Å²) in [4.78, 5) is 15.6. The van der Waals surface area contributed by atoms with Gasteiger partial charge in [-0.2, -0.15) is 0 Å². The predicted octanol–water partition coefficient (Wildman–Crippen LogP) is 0.221. The molecule has 0 aliphatic heterocycles. The average molecular weight is 191 g/mol. The van der Waals surface area contributed by atoms with Gasteiger partial charge in [-0.25, -0.2) is 4.98 Å². The minimum Gasteiger partial charge on any atom is -0.506 e. The zero-order chi connectivity index (χ0) is 10.3. The van der Waals surface area contributed by atoms with Gasteiger partial charge in [-0.1, -0.05) is 0 Å². The molecule has 0 atom stereocenters. The third-order valence-electron chi connectivity index (χ3n) is 2.07. The molecule has 0 saturated heterocycles. The summed E-state index contributed by atoms with van der Waals surface area (Å²) in [6.07, 6.45) is 1.42. The Morgan fingerprint density at radius 2 is 2.21 bits per heavy atom. The summed E-state index contributed by atoms with van der Waals surface area (Å²) < 4.78 is 1.35. The lowest BCUT2D eigenvalue weighted by atomic mass is 10.2. The van der Waals surface area contributed by atoms with Gasteiger partial charge in [0, 0.05) is 7.05 Å². The molecule has 0 spiro atoms. The fourth-order valence-electron chi connectivity index (χ4n) is 1.26. The second-order valence-electron chi connectivity index (χ2n) is 3.09. The number of aryl methyl sites for hydroxylation is 1. The Kier molecular flexibility index (Phi) is 1.67. The highest BCUT2D eigenvalue weighted by Gasteiger charge is 2.05. The number of aromatic nitrogens is 2. The van der Waals surface area contributed by atoms with Crippen molar-refractivity contribution in [1.29, 1.82) is 0 Å². The molecule has 1 aromatic carbocycles. The van der Waals surface area contributed by atoms with Crippen LogP contribution in [0.4, 0.5) is 5.69 Å². The molecule has 0 aliphatic carbocycles. The van der Waals surface area contributed by atoms with Crippen molar-refractivity contribution in [3.8, 4) is 5.75 Å². The maximum atomic E-state index is 11.6. The highest BCUT2D eigenvalue weighted by molar-refractivity contribution is 5.83. The van der Waals surface area contributed by atoms with Crippen molar-refractivity contribution in [1.82, 2.24) is 9.55 Å². The number of anilines is 1. The van der Waals surface area contributed by atoms with E-state index in [1.165, 1.54) is 23.0 Å². The van der Waals surface area contributed by atoms with Gasteiger partial charge in [0.2, 0.25) is 0 Å². The molecule has 3 N–H and O–H groups in total. The third-order valence-corrected chi connectivity index (χ3v) is 2.07. The Bertz CT molecular complexity index is 560. The normalized spacial score (nSPS) is 10.6. The van der Waals surface area contributed by atoms with Crippen molar-refractivity contribution in [3.05, 3.63) is 28.8 Å². The van der Waals surface area contributed by atoms with Gasteiger partial charge >= 0.3 is 0 Å². The van der Waals surface area contributed by atoms with E-state index in [0.717, 1.165) is 0 Å². The smallest absolute Gasteiger partial charge is 0.261 e. The van der Waals surface area contributed by atoms with E-state index in [2.05, 4.69) is 4.98 Å². The number of hydrogen-bond acceptors (Lipinski definition) is 4. The van der Waals surface area contributed by atoms with Gasteiger partial charge in [0.15, 0.2) is 0 Å². The highest BCUT2D eigenvalue weighted by atomic mass is 16.3. The maximum absolute atomic E-state index is 11.6. The van der Waals surface area contributed by atoms with Crippen LogP contribution in [0.25, 0.3) is 10.9 Å². The fraction of sp³-hybridized carbons (Fsp3) is 0.111.